The van der Waals surface area contributed by atoms with E-state index >= 15 is 0 Å². The second-order valence-corrected chi connectivity index (χ2v) is 3.65. The number of methoxy groups -OCH3 is 1. The average Bonchev–Trinajstić information content (AvgIpc) is 2.21. The third-order valence-electron chi connectivity index (χ3n) is 1.72. The van der Waals surface area contributed by atoms with E-state index in [1.807, 2.05) is 0 Å². The SMILES string of the molecule is COc1cc(/C=C(/C)[N+](=O)[O-])c(Br)cn1. The summed E-state index contributed by atoms with van der Waals surface area (Å²) in [5.41, 5.74) is 0.722. The normalized spacial score (nSPS) is 11.3. The second kappa shape index (κ2) is 4.88. The maximum atomic E-state index is 10.4. The smallest absolute Gasteiger partial charge is 0.243 e. The van der Waals surface area contributed by atoms with E-state index in [0.29, 0.717) is 15.9 Å². The molecule has 1 aromatic heterocycles. The van der Waals surface area contributed by atoms with Gasteiger partial charge in [-0.1, -0.05) is 0 Å². The van der Waals surface area contributed by atoms with Crippen molar-refractivity contribution in [3.05, 3.63) is 38.1 Å². The van der Waals surface area contributed by atoms with Crippen molar-refractivity contribution in [3.63, 3.8) is 0 Å². The van der Waals surface area contributed by atoms with Crippen LogP contribution in [0.2, 0.25) is 0 Å². The van der Waals surface area contributed by atoms with E-state index in [4.69, 9.17) is 4.74 Å². The number of ether oxygens (including phenoxy) is 1. The van der Waals surface area contributed by atoms with Gasteiger partial charge in [0, 0.05) is 35.3 Å². The summed E-state index contributed by atoms with van der Waals surface area (Å²) in [7, 11) is 1.49. The van der Waals surface area contributed by atoms with Gasteiger partial charge in [0.15, 0.2) is 0 Å². The molecular formula is C9H9BrN2O3. The molecule has 1 rings (SSSR count). The second-order valence-electron chi connectivity index (χ2n) is 2.79. The molecule has 0 amide bonds. The van der Waals surface area contributed by atoms with Gasteiger partial charge in [-0.2, -0.15) is 0 Å². The minimum atomic E-state index is -0.445. The van der Waals surface area contributed by atoms with Crippen LogP contribution in [0.15, 0.2) is 22.4 Å². The molecule has 0 aliphatic carbocycles. The monoisotopic (exact) mass is 272 g/mol. The fraction of sp³-hybridized carbons (Fsp3) is 0.222. The predicted molar refractivity (Wildman–Crippen MR) is 59.1 cm³/mol. The van der Waals surface area contributed by atoms with E-state index in [0.717, 1.165) is 0 Å². The van der Waals surface area contributed by atoms with Crippen LogP contribution in [0.5, 0.6) is 5.88 Å². The first-order chi connectivity index (χ1) is 7.04. The maximum absolute atomic E-state index is 10.4. The summed E-state index contributed by atoms with van der Waals surface area (Å²) in [4.78, 5) is 13.9. The molecule has 0 aliphatic heterocycles. The van der Waals surface area contributed by atoms with Crippen molar-refractivity contribution in [3.8, 4) is 5.88 Å². The molecule has 0 bridgehead atoms. The number of allylic oxidation sites excluding steroid dienone is 1. The lowest BCUT2D eigenvalue weighted by Gasteiger charge is -2.01. The van der Waals surface area contributed by atoms with Gasteiger partial charge in [-0.15, -0.1) is 0 Å². The van der Waals surface area contributed by atoms with E-state index in [-0.39, 0.29) is 5.70 Å². The third kappa shape index (κ3) is 3.02. The highest BCUT2D eigenvalue weighted by molar-refractivity contribution is 9.10. The van der Waals surface area contributed by atoms with E-state index in [1.165, 1.54) is 26.3 Å². The van der Waals surface area contributed by atoms with E-state index in [2.05, 4.69) is 20.9 Å². The summed E-state index contributed by atoms with van der Waals surface area (Å²) in [6.45, 7) is 1.43. The Morgan fingerprint density at radius 3 is 2.93 bits per heavy atom. The molecule has 0 aliphatic rings. The number of pyridine rings is 1. The van der Waals surface area contributed by atoms with E-state index in [9.17, 15) is 10.1 Å². The lowest BCUT2D eigenvalue weighted by atomic mass is 10.2. The first-order valence-electron chi connectivity index (χ1n) is 4.07. The molecule has 1 heterocycles. The van der Waals surface area contributed by atoms with Crippen molar-refractivity contribution in [2.24, 2.45) is 0 Å². The minimum absolute atomic E-state index is 0.0592. The molecule has 0 saturated carbocycles. The molecule has 0 fully saturated rings. The van der Waals surface area contributed by atoms with Crippen molar-refractivity contribution < 1.29 is 9.66 Å². The number of rotatable bonds is 3. The molecule has 5 nitrogen and oxygen atoms in total. The van der Waals surface area contributed by atoms with Crippen LogP contribution < -0.4 is 4.74 Å². The summed E-state index contributed by atoms with van der Waals surface area (Å²) in [6.07, 6.45) is 2.99. The third-order valence-corrected chi connectivity index (χ3v) is 2.38. The standard InChI is InChI=1S/C9H9BrN2O3/c1-6(12(13)14)3-7-4-9(15-2)11-5-8(7)10/h3-5H,1-2H3/b6-3-. The maximum Gasteiger partial charge on any atom is 0.243 e. The highest BCUT2D eigenvalue weighted by atomic mass is 79.9. The Balaban J connectivity index is 3.13. The fourth-order valence-electron chi connectivity index (χ4n) is 0.934. The molecule has 6 heteroatoms. The van der Waals surface area contributed by atoms with Gasteiger partial charge in [0.05, 0.1) is 12.0 Å². The largest absolute Gasteiger partial charge is 0.481 e. The van der Waals surface area contributed by atoms with Crippen molar-refractivity contribution in [2.75, 3.05) is 7.11 Å². The van der Waals surface area contributed by atoms with Crippen LogP contribution in [0.4, 0.5) is 0 Å². The zero-order valence-corrected chi connectivity index (χ0v) is 9.82. The van der Waals surface area contributed by atoms with Crippen LogP contribution in [0.25, 0.3) is 6.08 Å². The van der Waals surface area contributed by atoms with Crippen molar-refractivity contribution in [2.45, 2.75) is 6.92 Å². The molecular weight excluding hydrogens is 264 g/mol. The molecule has 0 unspecified atom stereocenters. The minimum Gasteiger partial charge on any atom is -0.481 e. The number of hydrogen-bond donors (Lipinski definition) is 0. The number of hydrogen-bond acceptors (Lipinski definition) is 4. The molecule has 80 valence electrons. The number of aromatic nitrogens is 1. The van der Waals surface area contributed by atoms with Crippen LogP contribution >= 0.6 is 15.9 Å². The highest BCUT2D eigenvalue weighted by Crippen LogP contribution is 2.22. The molecule has 0 spiro atoms. The Morgan fingerprint density at radius 2 is 2.40 bits per heavy atom. The highest BCUT2D eigenvalue weighted by Gasteiger charge is 2.06. The summed E-state index contributed by atoms with van der Waals surface area (Å²) in [5, 5.41) is 10.4. The lowest BCUT2D eigenvalue weighted by molar-refractivity contribution is -0.422. The van der Waals surface area contributed by atoms with Gasteiger partial charge in [-0.25, -0.2) is 4.98 Å². The van der Waals surface area contributed by atoms with Crippen molar-refractivity contribution in [1.82, 2.24) is 4.98 Å². The molecule has 0 radical (unpaired) electrons. The zero-order valence-electron chi connectivity index (χ0n) is 8.23. The van der Waals surface area contributed by atoms with Crippen LogP contribution in [0, 0.1) is 10.1 Å². The van der Waals surface area contributed by atoms with Gasteiger partial charge in [0.25, 0.3) is 0 Å². The van der Waals surface area contributed by atoms with E-state index in [1.54, 1.807) is 6.07 Å². The molecule has 0 atom stereocenters. The van der Waals surface area contributed by atoms with Gasteiger partial charge in [0.2, 0.25) is 11.6 Å². The Labute approximate surface area is 95.1 Å². The van der Waals surface area contributed by atoms with E-state index < -0.39 is 4.92 Å². The first-order valence-corrected chi connectivity index (χ1v) is 4.86. The molecule has 15 heavy (non-hydrogen) atoms. The lowest BCUT2D eigenvalue weighted by Crippen LogP contribution is -1.94. The van der Waals surface area contributed by atoms with Crippen LogP contribution in [-0.2, 0) is 0 Å². The average molecular weight is 273 g/mol. The summed E-state index contributed by atoms with van der Waals surface area (Å²) in [5.74, 6) is 0.417. The quantitative estimate of drug-likeness (QED) is 0.626. The molecule has 0 saturated heterocycles. The van der Waals surface area contributed by atoms with Crippen LogP contribution in [0.1, 0.15) is 12.5 Å². The van der Waals surface area contributed by atoms with Crippen molar-refractivity contribution in [1.29, 1.82) is 0 Å². The summed E-state index contributed by atoms with van der Waals surface area (Å²) < 4.78 is 5.61. The zero-order chi connectivity index (χ0) is 11.4. The molecule has 1 aromatic rings. The van der Waals surface area contributed by atoms with Crippen molar-refractivity contribution >= 4 is 22.0 Å². The van der Waals surface area contributed by atoms with Gasteiger partial charge in [-0.05, 0) is 15.9 Å². The Morgan fingerprint density at radius 1 is 1.73 bits per heavy atom. The summed E-state index contributed by atoms with van der Waals surface area (Å²) >= 11 is 3.25. The van der Waals surface area contributed by atoms with Gasteiger partial charge in [0.1, 0.15) is 0 Å². The Hall–Kier alpha value is -1.43. The molecule has 0 aromatic carbocycles. The van der Waals surface area contributed by atoms with Crippen LogP contribution in [0.3, 0.4) is 0 Å². The Kier molecular flexibility index (Phi) is 3.79. The number of nitrogens with zero attached hydrogens (tertiary/aromatic N) is 2. The molecule has 0 N–H and O–H groups in total. The topological polar surface area (TPSA) is 65.3 Å². The van der Waals surface area contributed by atoms with Gasteiger partial charge < -0.3 is 4.74 Å². The van der Waals surface area contributed by atoms with Crippen LogP contribution in [-0.4, -0.2) is 17.0 Å². The first kappa shape index (κ1) is 11.6. The van der Waals surface area contributed by atoms with Gasteiger partial charge in [-0.3, -0.25) is 10.1 Å². The number of nitro groups is 1. The Bertz CT molecular complexity index is 418. The fourth-order valence-corrected chi connectivity index (χ4v) is 1.27. The van der Waals surface area contributed by atoms with Gasteiger partial charge >= 0.3 is 0 Å². The predicted octanol–water partition coefficient (Wildman–Crippen LogP) is 2.49. The summed E-state index contributed by atoms with van der Waals surface area (Å²) in [6, 6.07) is 1.62. The number of halogens is 1.